The Kier molecular flexibility index (Phi) is 5.40. The van der Waals surface area contributed by atoms with Gasteiger partial charge in [0.1, 0.15) is 11.6 Å². The number of hydrogen-bond donors (Lipinski definition) is 1. The third kappa shape index (κ3) is 3.55. The van der Waals surface area contributed by atoms with Crippen LogP contribution in [0.15, 0.2) is 0 Å². The Labute approximate surface area is 110 Å². The van der Waals surface area contributed by atoms with Gasteiger partial charge in [0, 0.05) is 20.6 Å². The summed E-state index contributed by atoms with van der Waals surface area (Å²) in [7, 11) is 3.56. The highest BCUT2D eigenvalue weighted by molar-refractivity contribution is 14.1. The standard InChI is InChI=1S/C11H18IN3O/c1-7(2)5-9-14-8(6-16-4)10(12)11(13-3)15-9/h7H,5-6H2,1-4H3,(H,13,14,15). The van der Waals surface area contributed by atoms with Crippen LogP contribution in [0.4, 0.5) is 5.82 Å². The maximum absolute atomic E-state index is 5.15. The minimum Gasteiger partial charge on any atom is -0.378 e. The molecule has 0 amide bonds. The first kappa shape index (κ1) is 13.6. The maximum atomic E-state index is 5.15. The third-order valence-corrected chi connectivity index (χ3v) is 3.21. The van der Waals surface area contributed by atoms with Gasteiger partial charge in [0.05, 0.1) is 15.9 Å². The van der Waals surface area contributed by atoms with Crippen molar-refractivity contribution >= 4 is 28.4 Å². The summed E-state index contributed by atoms with van der Waals surface area (Å²) in [5, 5.41) is 3.09. The van der Waals surface area contributed by atoms with Gasteiger partial charge >= 0.3 is 0 Å². The Morgan fingerprint density at radius 1 is 1.38 bits per heavy atom. The van der Waals surface area contributed by atoms with Crippen molar-refractivity contribution in [3.05, 3.63) is 15.1 Å². The summed E-state index contributed by atoms with van der Waals surface area (Å²) in [4.78, 5) is 9.02. The number of nitrogens with zero attached hydrogens (tertiary/aromatic N) is 2. The van der Waals surface area contributed by atoms with Crippen molar-refractivity contribution in [2.24, 2.45) is 5.92 Å². The van der Waals surface area contributed by atoms with Crippen LogP contribution < -0.4 is 5.32 Å². The molecule has 4 nitrogen and oxygen atoms in total. The lowest BCUT2D eigenvalue weighted by atomic mass is 10.1. The molecule has 0 aliphatic heterocycles. The zero-order valence-electron chi connectivity index (χ0n) is 10.2. The number of halogens is 1. The lowest BCUT2D eigenvalue weighted by Gasteiger charge is -2.11. The molecule has 5 heteroatoms. The van der Waals surface area contributed by atoms with E-state index in [1.165, 1.54) is 0 Å². The van der Waals surface area contributed by atoms with Crippen LogP contribution in [0.1, 0.15) is 25.4 Å². The monoisotopic (exact) mass is 335 g/mol. The molecule has 1 heterocycles. The molecule has 90 valence electrons. The zero-order chi connectivity index (χ0) is 12.1. The second-order valence-corrected chi connectivity index (χ2v) is 5.11. The summed E-state index contributed by atoms with van der Waals surface area (Å²) in [5.74, 6) is 2.32. The molecule has 0 fully saturated rings. The first-order chi connectivity index (χ1) is 7.58. The smallest absolute Gasteiger partial charge is 0.143 e. The topological polar surface area (TPSA) is 47.0 Å². The number of anilines is 1. The van der Waals surface area contributed by atoms with Crippen molar-refractivity contribution in [3.8, 4) is 0 Å². The maximum Gasteiger partial charge on any atom is 0.143 e. The van der Waals surface area contributed by atoms with E-state index in [2.05, 4.69) is 51.7 Å². The van der Waals surface area contributed by atoms with E-state index in [9.17, 15) is 0 Å². The van der Waals surface area contributed by atoms with Crippen LogP contribution >= 0.6 is 22.6 Å². The number of aromatic nitrogens is 2. The van der Waals surface area contributed by atoms with Gasteiger partial charge in [-0.2, -0.15) is 0 Å². The summed E-state index contributed by atoms with van der Waals surface area (Å²) in [5.41, 5.74) is 0.957. The highest BCUT2D eigenvalue weighted by Gasteiger charge is 2.11. The van der Waals surface area contributed by atoms with Crippen molar-refractivity contribution in [2.45, 2.75) is 26.9 Å². The van der Waals surface area contributed by atoms with Crippen molar-refractivity contribution in [2.75, 3.05) is 19.5 Å². The second-order valence-electron chi connectivity index (χ2n) is 4.03. The van der Waals surface area contributed by atoms with E-state index in [0.717, 1.165) is 27.3 Å². The van der Waals surface area contributed by atoms with Crippen molar-refractivity contribution in [1.82, 2.24) is 9.97 Å². The van der Waals surface area contributed by atoms with Crippen molar-refractivity contribution in [1.29, 1.82) is 0 Å². The Bertz CT molecular complexity index is 355. The zero-order valence-corrected chi connectivity index (χ0v) is 12.3. The third-order valence-electron chi connectivity index (χ3n) is 2.07. The minimum atomic E-state index is 0.528. The minimum absolute atomic E-state index is 0.528. The molecule has 0 spiro atoms. The van der Waals surface area contributed by atoms with E-state index in [1.54, 1.807) is 7.11 Å². The Hall–Kier alpha value is -0.430. The first-order valence-electron chi connectivity index (χ1n) is 5.30. The highest BCUT2D eigenvalue weighted by Crippen LogP contribution is 2.20. The summed E-state index contributed by atoms with van der Waals surface area (Å²) >= 11 is 2.25. The average Bonchev–Trinajstić information content (AvgIpc) is 2.22. The van der Waals surface area contributed by atoms with E-state index in [4.69, 9.17) is 4.74 Å². The number of hydrogen-bond acceptors (Lipinski definition) is 4. The van der Waals surface area contributed by atoms with E-state index in [0.29, 0.717) is 12.5 Å². The molecule has 16 heavy (non-hydrogen) atoms. The lowest BCUT2D eigenvalue weighted by Crippen LogP contribution is -2.10. The van der Waals surface area contributed by atoms with Gasteiger partial charge in [-0.1, -0.05) is 13.8 Å². The van der Waals surface area contributed by atoms with Crippen LogP contribution in [-0.4, -0.2) is 24.1 Å². The van der Waals surface area contributed by atoms with Crippen LogP contribution in [0, 0.1) is 9.49 Å². The fourth-order valence-electron chi connectivity index (χ4n) is 1.40. The molecule has 0 unspecified atom stereocenters. The first-order valence-corrected chi connectivity index (χ1v) is 6.38. The van der Waals surface area contributed by atoms with Crippen LogP contribution in [0.3, 0.4) is 0 Å². The molecule has 0 saturated carbocycles. The summed E-state index contributed by atoms with van der Waals surface area (Å²) in [6.07, 6.45) is 0.891. The Balaban J connectivity index is 3.07. The molecular weight excluding hydrogens is 317 g/mol. The van der Waals surface area contributed by atoms with Gasteiger partial charge in [0.2, 0.25) is 0 Å². The summed E-state index contributed by atoms with van der Waals surface area (Å²) < 4.78 is 6.18. The number of ether oxygens (including phenoxy) is 1. The van der Waals surface area contributed by atoms with Crippen LogP contribution in [0.2, 0.25) is 0 Å². The SMILES string of the molecule is CNc1nc(CC(C)C)nc(COC)c1I. The summed E-state index contributed by atoms with van der Waals surface area (Å²) in [6, 6.07) is 0. The second kappa shape index (κ2) is 6.34. The van der Waals surface area contributed by atoms with Crippen LogP contribution in [0.5, 0.6) is 0 Å². The number of methoxy groups -OCH3 is 1. The van der Waals surface area contributed by atoms with Crippen LogP contribution in [0.25, 0.3) is 0 Å². The van der Waals surface area contributed by atoms with E-state index in [1.807, 2.05) is 7.05 Å². The van der Waals surface area contributed by atoms with Gasteiger partial charge in [-0.3, -0.25) is 0 Å². The van der Waals surface area contributed by atoms with E-state index < -0.39 is 0 Å². The van der Waals surface area contributed by atoms with Gasteiger partial charge in [0.25, 0.3) is 0 Å². The quantitative estimate of drug-likeness (QED) is 0.840. The molecule has 0 atom stereocenters. The van der Waals surface area contributed by atoms with Gasteiger partial charge < -0.3 is 10.1 Å². The molecule has 0 saturated heterocycles. The van der Waals surface area contributed by atoms with Crippen LogP contribution in [-0.2, 0) is 17.8 Å². The molecular formula is C11H18IN3O. The van der Waals surface area contributed by atoms with Crippen molar-refractivity contribution < 1.29 is 4.74 Å². The van der Waals surface area contributed by atoms with E-state index in [-0.39, 0.29) is 0 Å². The molecule has 0 bridgehead atoms. The summed E-state index contributed by atoms with van der Waals surface area (Å²) in [6.45, 7) is 4.85. The Morgan fingerprint density at radius 3 is 2.56 bits per heavy atom. The molecule has 0 aliphatic rings. The Morgan fingerprint density at radius 2 is 2.06 bits per heavy atom. The molecule has 1 aromatic heterocycles. The molecule has 0 aromatic carbocycles. The fraction of sp³-hybridized carbons (Fsp3) is 0.636. The van der Waals surface area contributed by atoms with Crippen molar-refractivity contribution in [3.63, 3.8) is 0 Å². The number of rotatable bonds is 5. The molecule has 1 aromatic rings. The molecule has 1 rings (SSSR count). The number of nitrogens with one attached hydrogen (secondary N) is 1. The normalized spacial score (nSPS) is 10.9. The van der Waals surface area contributed by atoms with Gasteiger partial charge in [0.15, 0.2) is 0 Å². The van der Waals surface area contributed by atoms with E-state index >= 15 is 0 Å². The predicted octanol–water partition coefficient (Wildman–Crippen LogP) is 2.47. The predicted molar refractivity (Wildman–Crippen MR) is 73.6 cm³/mol. The average molecular weight is 335 g/mol. The lowest BCUT2D eigenvalue weighted by molar-refractivity contribution is 0.180. The van der Waals surface area contributed by atoms with Gasteiger partial charge in [-0.15, -0.1) is 0 Å². The molecule has 0 aliphatic carbocycles. The fourth-order valence-corrected chi connectivity index (χ4v) is 2.07. The van der Waals surface area contributed by atoms with Gasteiger partial charge in [-0.25, -0.2) is 9.97 Å². The largest absolute Gasteiger partial charge is 0.378 e. The highest BCUT2D eigenvalue weighted by atomic mass is 127. The molecule has 0 radical (unpaired) electrons. The molecule has 1 N–H and O–H groups in total. The van der Waals surface area contributed by atoms with Gasteiger partial charge in [-0.05, 0) is 28.5 Å².